The molecular weight excluding hydrogens is 467 g/mol. The van der Waals surface area contributed by atoms with Crippen LogP contribution in [0.1, 0.15) is 108 Å². The molecule has 2 aromatic carbocycles. The molecule has 4 nitrogen and oxygen atoms in total. The van der Waals surface area contributed by atoms with Crippen LogP contribution in [0.25, 0.3) is 0 Å². The van der Waals surface area contributed by atoms with Crippen molar-refractivity contribution in [2.24, 2.45) is 11.8 Å². The first-order valence-electron chi connectivity index (χ1n) is 14.5. The van der Waals surface area contributed by atoms with E-state index in [9.17, 15) is 9.18 Å². The summed E-state index contributed by atoms with van der Waals surface area (Å²) in [6.07, 6.45) is 16.3. The molecule has 0 spiro atoms. The fourth-order valence-electron chi connectivity index (χ4n) is 5.10. The number of benzene rings is 2. The second-order valence-electron chi connectivity index (χ2n) is 10.4. The summed E-state index contributed by atoms with van der Waals surface area (Å²) < 4.78 is 31.1. The van der Waals surface area contributed by atoms with Crippen molar-refractivity contribution < 1.29 is 23.4 Å². The Kier molecular flexibility index (Phi) is 12.8. The highest BCUT2D eigenvalue weighted by Crippen LogP contribution is 2.34. The summed E-state index contributed by atoms with van der Waals surface area (Å²) >= 11 is 0. The summed E-state index contributed by atoms with van der Waals surface area (Å²) in [5, 5.41) is 0. The lowest BCUT2D eigenvalue weighted by Crippen LogP contribution is -2.15. The van der Waals surface area contributed by atoms with Gasteiger partial charge in [0.2, 0.25) is 0 Å². The maximum atomic E-state index is 14.3. The Hall–Kier alpha value is -2.56. The first-order valence-corrected chi connectivity index (χ1v) is 14.5. The molecule has 0 bridgehead atoms. The van der Waals surface area contributed by atoms with E-state index in [0.717, 1.165) is 49.3 Å². The lowest BCUT2D eigenvalue weighted by atomic mass is 9.78. The van der Waals surface area contributed by atoms with Crippen LogP contribution in [0.2, 0.25) is 0 Å². The molecule has 1 saturated carbocycles. The summed E-state index contributed by atoms with van der Waals surface area (Å²) in [4.78, 5) is 12.4. The molecule has 0 aromatic heterocycles. The molecule has 5 heteroatoms. The molecular formula is C32H45FO4. The van der Waals surface area contributed by atoms with Gasteiger partial charge in [0.1, 0.15) is 11.5 Å². The van der Waals surface area contributed by atoms with Gasteiger partial charge in [0.05, 0.1) is 18.8 Å². The van der Waals surface area contributed by atoms with E-state index in [1.54, 1.807) is 24.3 Å². The van der Waals surface area contributed by atoms with Crippen LogP contribution in [0.4, 0.5) is 4.39 Å². The molecule has 1 aliphatic carbocycles. The zero-order valence-electron chi connectivity index (χ0n) is 22.8. The quantitative estimate of drug-likeness (QED) is 0.128. The van der Waals surface area contributed by atoms with Crippen molar-refractivity contribution in [2.45, 2.75) is 97.3 Å². The lowest BCUT2D eigenvalue weighted by Gasteiger charge is -2.28. The van der Waals surface area contributed by atoms with Gasteiger partial charge in [0.25, 0.3) is 0 Å². The van der Waals surface area contributed by atoms with Gasteiger partial charge in [0.15, 0.2) is 11.6 Å². The Bertz CT molecular complexity index is 919. The van der Waals surface area contributed by atoms with Gasteiger partial charge < -0.3 is 14.2 Å². The Labute approximate surface area is 222 Å². The van der Waals surface area contributed by atoms with Gasteiger partial charge in [-0.15, -0.1) is 0 Å². The van der Waals surface area contributed by atoms with Crippen LogP contribution in [-0.4, -0.2) is 19.2 Å². The molecule has 0 amide bonds. The van der Waals surface area contributed by atoms with Crippen LogP contribution >= 0.6 is 0 Å². The van der Waals surface area contributed by atoms with Gasteiger partial charge in [0, 0.05) is 0 Å². The number of hydrogen-bond donors (Lipinski definition) is 0. The molecule has 1 aliphatic rings. The molecule has 0 unspecified atom stereocenters. The maximum Gasteiger partial charge on any atom is 0.343 e. The fraction of sp³-hybridized carbons (Fsp3) is 0.594. The second kappa shape index (κ2) is 16.3. The standard InChI is InChI=1S/C32H45FO4/c1-3-5-7-10-25-12-14-26(15-13-25)11-9-23-35-28-17-19-29(20-18-28)37-32(34)27-16-21-31(30(33)24-27)36-22-8-6-4-2/h16-21,24-26H,3-15,22-23H2,1-2H3/t25-,26-. The predicted molar refractivity (Wildman–Crippen MR) is 147 cm³/mol. The first kappa shape index (κ1) is 29.0. The summed E-state index contributed by atoms with van der Waals surface area (Å²) in [5.74, 6) is 1.95. The smallest absolute Gasteiger partial charge is 0.343 e. The molecule has 0 aliphatic heterocycles. The molecule has 0 saturated heterocycles. The molecule has 204 valence electrons. The van der Waals surface area contributed by atoms with Crippen molar-refractivity contribution in [2.75, 3.05) is 13.2 Å². The minimum atomic E-state index is -0.606. The summed E-state index contributed by atoms with van der Waals surface area (Å²) in [7, 11) is 0. The number of unbranched alkanes of at least 4 members (excludes halogenated alkanes) is 4. The van der Waals surface area contributed by atoms with Crippen LogP contribution in [-0.2, 0) is 0 Å². The number of carbonyl (C=O) groups excluding carboxylic acids is 1. The minimum absolute atomic E-state index is 0.147. The minimum Gasteiger partial charge on any atom is -0.494 e. The number of ether oxygens (including phenoxy) is 3. The van der Waals surface area contributed by atoms with Gasteiger partial charge in [-0.1, -0.05) is 78.1 Å². The van der Waals surface area contributed by atoms with E-state index in [2.05, 4.69) is 13.8 Å². The van der Waals surface area contributed by atoms with Crippen molar-refractivity contribution in [3.05, 3.63) is 53.8 Å². The van der Waals surface area contributed by atoms with Crippen molar-refractivity contribution in [3.63, 3.8) is 0 Å². The summed E-state index contributed by atoms with van der Waals surface area (Å²) in [6, 6.07) is 11.2. The van der Waals surface area contributed by atoms with Crippen molar-refractivity contribution in [3.8, 4) is 17.2 Å². The molecule has 0 atom stereocenters. The van der Waals surface area contributed by atoms with Crippen LogP contribution in [0.3, 0.4) is 0 Å². The van der Waals surface area contributed by atoms with E-state index in [1.165, 1.54) is 69.9 Å². The topological polar surface area (TPSA) is 44.8 Å². The highest BCUT2D eigenvalue weighted by molar-refractivity contribution is 5.91. The molecule has 0 N–H and O–H groups in total. The number of halogens is 1. The fourth-order valence-corrected chi connectivity index (χ4v) is 5.10. The van der Waals surface area contributed by atoms with Crippen LogP contribution in [0.15, 0.2) is 42.5 Å². The third-order valence-electron chi connectivity index (χ3n) is 7.42. The third kappa shape index (κ3) is 10.4. The average molecular weight is 513 g/mol. The monoisotopic (exact) mass is 512 g/mol. The normalized spacial score (nSPS) is 17.4. The Morgan fingerprint density at radius 1 is 0.757 bits per heavy atom. The zero-order valence-corrected chi connectivity index (χ0v) is 22.8. The molecule has 0 heterocycles. The number of carbonyl (C=O) groups is 1. The van der Waals surface area contributed by atoms with Crippen LogP contribution < -0.4 is 14.2 Å². The van der Waals surface area contributed by atoms with E-state index in [4.69, 9.17) is 14.2 Å². The third-order valence-corrected chi connectivity index (χ3v) is 7.42. The van der Waals surface area contributed by atoms with E-state index in [-0.39, 0.29) is 11.3 Å². The van der Waals surface area contributed by atoms with E-state index in [1.807, 2.05) is 0 Å². The highest BCUT2D eigenvalue weighted by Gasteiger charge is 2.20. The van der Waals surface area contributed by atoms with Crippen LogP contribution in [0.5, 0.6) is 17.2 Å². The number of esters is 1. The predicted octanol–water partition coefficient (Wildman–Crippen LogP) is 9.16. The Balaban J connectivity index is 1.34. The highest BCUT2D eigenvalue weighted by atomic mass is 19.1. The second-order valence-corrected chi connectivity index (χ2v) is 10.4. The van der Waals surface area contributed by atoms with Gasteiger partial charge in [-0.05, 0) is 73.6 Å². The number of rotatable bonds is 16. The average Bonchev–Trinajstić information content (AvgIpc) is 2.91. The SMILES string of the molecule is CCCCCOc1ccc(C(=O)Oc2ccc(OCCC[C@H]3CC[C@H](CCCCC)CC3)cc2)cc1F. The Morgan fingerprint density at radius 2 is 1.35 bits per heavy atom. The summed E-state index contributed by atoms with van der Waals surface area (Å²) in [5.41, 5.74) is 0.147. The first-order chi connectivity index (χ1) is 18.1. The van der Waals surface area contributed by atoms with Crippen molar-refractivity contribution >= 4 is 5.97 Å². The van der Waals surface area contributed by atoms with Crippen molar-refractivity contribution in [1.82, 2.24) is 0 Å². The molecule has 0 radical (unpaired) electrons. The Morgan fingerprint density at radius 3 is 2.00 bits per heavy atom. The van der Waals surface area contributed by atoms with Crippen LogP contribution in [0, 0.1) is 17.7 Å². The van der Waals surface area contributed by atoms with Crippen molar-refractivity contribution in [1.29, 1.82) is 0 Å². The molecule has 1 fully saturated rings. The van der Waals surface area contributed by atoms with Gasteiger partial charge in [-0.3, -0.25) is 0 Å². The summed E-state index contributed by atoms with van der Waals surface area (Å²) in [6.45, 7) is 5.53. The van der Waals surface area contributed by atoms with E-state index < -0.39 is 11.8 Å². The lowest BCUT2D eigenvalue weighted by molar-refractivity contribution is 0.0734. The van der Waals surface area contributed by atoms with Gasteiger partial charge in [-0.2, -0.15) is 0 Å². The van der Waals surface area contributed by atoms with Gasteiger partial charge >= 0.3 is 5.97 Å². The maximum absolute atomic E-state index is 14.3. The molecule has 37 heavy (non-hydrogen) atoms. The van der Waals surface area contributed by atoms with Gasteiger partial charge in [-0.25, -0.2) is 9.18 Å². The van der Waals surface area contributed by atoms with E-state index in [0.29, 0.717) is 19.0 Å². The molecule has 3 rings (SSSR count). The number of hydrogen-bond acceptors (Lipinski definition) is 4. The zero-order chi connectivity index (χ0) is 26.3. The van der Waals surface area contributed by atoms with E-state index >= 15 is 0 Å². The largest absolute Gasteiger partial charge is 0.494 e. The molecule has 2 aromatic rings.